The third-order valence-electron chi connectivity index (χ3n) is 2.22. The normalized spacial score (nSPS) is 9.65. The van der Waals surface area contributed by atoms with Crippen molar-refractivity contribution >= 4 is 17.6 Å². The maximum Gasteiger partial charge on any atom is 0.323 e. The van der Waals surface area contributed by atoms with Crippen molar-refractivity contribution in [3.05, 3.63) is 43.0 Å². The van der Waals surface area contributed by atoms with Crippen LogP contribution in [0.15, 0.2) is 43.0 Å². The van der Waals surface area contributed by atoms with E-state index in [0.29, 0.717) is 12.1 Å². The number of carboxylic acids is 1. The molecule has 0 heterocycles. The molecule has 4 heteroatoms. The number of hydrogen-bond donors (Lipinski definition) is 1. The molecule has 1 rings (SSSR count). The van der Waals surface area contributed by atoms with Gasteiger partial charge in [0.25, 0.3) is 0 Å². The van der Waals surface area contributed by atoms with Crippen LogP contribution in [0.4, 0.5) is 5.69 Å². The summed E-state index contributed by atoms with van der Waals surface area (Å²) in [6.45, 7) is 3.22. The van der Waals surface area contributed by atoms with E-state index in [1.165, 1.54) is 4.90 Å². The summed E-state index contributed by atoms with van der Waals surface area (Å²) in [4.78, 5) is 23.9. The van der Waals surface area contributed by atoms with Crippen LogP contribution in [0.1, 0.15) is 12.8 Å². The minimum Gasteiger partial charge on any atom is -0.480 e. The average Bonchev–Trinajstić information content (AvgIpc) is 2.34. The number of nitrogens with zero attached hydrogens (tertiary/aromatic N) is 1. The molecular formula is C13H15NO3. The van der Waals surface area contributed by atoms with E-state index in [9.17, 15) is 9.59 Å². The highest BCUT2D eigenvalue weighted by Gasteiger charge is 2.17. The average molecular weight is 233 g/mol. The molecule has 1 aromatic carbocycles. The van der Waals surface area contributed by atoms with Gasteiger partial charge >= 0.3 is 5.97 Å². The molecule has 1 N–H and O–H groups in total. The van der Waals surface area contributed by atoms with Gasteiger partial charge in [0.1, 0.15) is 6.54 Å². The summed E-state index contributed by atoms with van der Waals surface area (Å²) in [6, 6.07) is 8.79. The highest BCUT2D eigenvalue weighted by atomic mass is 16.4. The molecule has 1 amide bonds. The molecule has 0 aliphatic carbocycles. The molecule has 0 aromatic heterocycles. The Morgan fingerprint density at radius 3 is 2.47 bits per heavy atom. The van der Waals surface area contributed by atoms with Gasteiger partial charge in [-0.15, -0.1) is 6.58 Å². The van der Waals surface area contributed by atoms with Crippen LogP contribution >= 0.6 is 0 Å². The fraction of sp³-hybridized carbons (Fsp3) is 0.231. The van der Waals surface area contributed by atoms with Gasteiger partial charge in [-0.3, -0.25) is 9.59 Å². The van der Waals surface area contributed by atoms with E-state index in [4.69, 9.17) is 5.11 Å². The van der Waals surface area contributed by atoms with Gasteiger partial charge in [0.2, 0.25) is 5.91 Å². The minimum absolute atomic E-state index is 0.210. The standard InChI is InChI=1S/C13H15NO3/c1-2-3-9-12(15)14(10-13(16)17)11-7-5-4-6-8-11/h2,4-8H,1,3,9-10H2,(H,16,17). The lowest BCUT2D eigenvalue weighted by molar-refractivity contribution is -0.136. The van der Waals surface area contributed by atoms with Crippen molar-refractivity contribution in [3.8, 4) is 0 Å². The Morgan fingerprint density at radius 1 is 1.29 bits per heavy atom. The molecule has 0 saturated carbocycles. The van der Waals surface area contributed by atoms with Crippen LogP contribution in [0.25, 0.3) is 0 Å². The van der Waals surface area contributed by atoms with Crippen molar-refractivity contribution < 1.29 is 14.7 Å². The Hall–Kier alpha value is -2.10. The summed E-state index contributed by atoms with van der Waals surface area (Å²) in [5.74, 6) is -1.24. The molecule has 0 radical (unpaired) electrons. The minimum atomic E-state index is -1.03. The topological polar surface area (TPSA) is 57.6 Å². The van der Waals surface area contributed by atoms with Crippen molar-refractivity contribution in [2.24, 2.45) is 0 Å². The highest BCUT2D eigenvalue weighted by molar-refractivity contribution is 5.97. The van der Waals surface area contributed by atoms with E-state index in [-0.39, 0.29) is 18.9 Å². The first-order valence-electron chi connectivity index (χ1n) is 5.33. The van der Waals surface area contributed by atoms with Crippen LogP contribution in [0.2, 0.25) is 0 Å². The first-order valence-corrected chi connectivity index (χ1v) is 5.33. The zero-order valence-electron chi connectivity index (χ0n) is 9.50. The Bertz CT molecular complexity index is 400. The van der Waals surface area contributed by atoms with Crippen molar-refractivity contribution in [1.82, 2.24) is 0 Å². The molecule has 0 spiro atoms. The number of anilines is 1. The van der Waals surface area contributed by atoms with Gasteiger partial charge in [0.05, 0.1) is 0 Å². The SMILES string of the molecule is C=CCCC(=O)N(CC(=O)O)c1ccccc1. The Morgan fingerprint density at radius 2 is 1.94 bits per heavy atom. The molecule has 0 unspecified atom stereocenters. The summed E-state index contributed by atoms with van der Waals surface area (Å²) >= 11 is 0. The second-order valence-corrected chi connectivity index (χ2v) is 3.54. The van der Waals surface area contributed by atoms with Gasteiger partial charge in [-0.25, -0.2) is 0 Å². The Balaban J connectivity index is 2.84. The fourth-order valence-corrected chi connectivity index (χ4v) is 1.43. The fourth-order valence-electron chi connectivity index (χ4n) is 1.43. The van der Waals surface area contributed by atoms with Crippen molar-refractivity contribution in [1.29, 1.82) is 0 Å². The predicted molar refractivity (Wildman–Crippen MR) is 65.9 cm³/mol. The van der Waals surface area contributed by atoms with E-state index in [1.807, 2.05) is 6.07 Å². The van der Waals surface area contributed by atoms with Gasteiger partial charge in [-0.1, -0.05) is 24.3 Å². The van der Waals surface area contributed by atoms with Crippen molar-refractivity contribution in [3.63, 3.8) is 0 Å². The van der Waals surface area contributed by atoms with Crippen LogP contribution in [0, 0.1) is 0 Å². The zero-order valence-corrected chi connectivity index (χ0v) is 9.50. The second kappa shape index (κ2) is 6.48. The molecular weight excluding hydrogens is 218 g/mol. The van der Waals surface area contributed by atoms with Gasteiger partial charge in [-0.05, 0) is 18.6 Å². The Labute approximate surface area is 100 Å². The molecule has 0 aliphatic heterocycles. The summed E-state index contributed by atoms with van der Waals surface area (Å²) < 4.78 is 0. The molecule has 90 valence electrons. The van der Waals surface area contributed by atoms with E-state index >= 15 is 0 Å². The molecule has 17 heavy (non-hydrogen) atoms. The maximum absolute atomic E-state index is 11.9. The Kier molecular flexibility index (Phi) is 4.94. The monoisotopic (exact) mass is 233 g/mol. The number of para-hydroxylation sites is 1. The zero-order chi connectivity index (χ0) is 12.7. The molecule has 0 bridgehead atoms. The van der Waals surface area contributed by atoms with Crippen molar-refractivity contribution in [2.45, 2.75) is 12.8 Å². The van der Waals surface area contributed by atoms with Gasteiger partial charge in [-0.2, -0.15) is 0 Å². The molecule has 0 atom stereocenters. The molecule has 0 aliphatic rings. The highest BCUT2D eigenvalue weighted by Crippen LogP contribution is 2.14. The number of hydrogen-bond acceptors (Lipinski definition) is 2. The number of amides is 1. The van der Waals surface area contributed by atoms with E-state index in [1.54, 1.807) is 30.3 Å². The largest absolute Gasteiger partial charge is 0.480 e. The lowest BCUT2D eigenvalue weighted by atomic mass is 10.2. The number of aliphatic carboxylic acids is 1. The smallest absolute Gasteiger partial charge is 0.323 e. The lowest BCUT2D eigenvalue weighted by Crippen LogP contribution is -2.35. The van der Waals surface area contributed by atoms with E-state index < -0.39 is 5.97 Å². The first kappa shape index (κ1) is 13.0. The third kappa shape index (κ3) is 4.10. The van der Waals surface area contributed by atoms with Crippen LogP contribution in [-0.4, -0.2) is 23.5 Å². The van der Waals surface area contributed by atoms with Gasteiger partial charge in [0.15, 0.2) is 0 Å². The number of benzene rings is 1. The van der Waals surface area contributed by atoms with Crippen LogP contribution in [0.5, 0.6) is 0 Å². The van der Waals surface area contributed by atoms with Gasteiger partial charge < -0.3 is 10.0 Å². The van der Waals surface area contributed by atoms with Crippen LogP contribution in [0.3, 0.4) is 0 Å². The predicted octanol–water partition coefficient (Wildman–Crippen LogP) is 2.07. The van der Waals surface area contributed by atoms with Crippen LogP contribution < -0.4 is 4.90 Å². The van der Waals surface area contributed by atoms with E-state index in [0.717, 1.165) is 0 Å². The summed E-state index contributed by atoms with van der Waals surface area (Å²) in [5, 5.41) is 8.81. The van der Waals surface area contributed by atoms with Crippen LogP contribution in [-0.2, 0) is 9.59 Å². The lowest BCUT2D eigenvalue weighted by Gasteiger charge is -2.20. The van der Waals surface area contributed by atoms with Crippen molar-refractivity contribution in [2.75, 3.05) is 11.4 Å². The summed E-state index contributed by atoms with van der Waals surface area (Å²) in [5.41, 5.74) is 0.601. The summed E-state index contributed by atoms with van der Waals surface area (Å²) in [6.07, 6.45) is 2.45. The third-order valence-corrected chi connectivity index (χ3v) is 2.22. The second-order valence-electron chi connectivity index (χ2n) is 3.54. The summed E-state index contributed by atoms with van der Waals surface area (Å²) in [7, 11) is 0. The first-order chi connectivity index (χ1) is 8.15. The molecule has 0 fully saturated rings. The number of carbonyl (C=O) groups is 2. The number of carbonyl (C=O) groups excluding carboxylic acids is 1. The van der Waals surface area contributed by atoms with E-state index in [2.05, 4.69) is 6.58 Å². The molecule has 4 nitrogen and oxygen atoms in total. The number of rotatable bonds is 6. The van der Waals surface area contributed by atoms with Gasteiger partial charge in [0, 0.05) is 12.1 Å². The molecule has 1 aromatic rings. The quantitative estimate of drug-likeness (QED) is 0.765. The maximum atomic E-state index is 11.9. The number of allylic oxidation sites excluding steroid dienone is 1. The molecule has 0 saturated heterocycles. The number of carboxylic acid groups (broad SMARTS) is 1.